The largest absolute Gasteiger partial charge is 0.493 e. The number of aromatic nitrogens is 2. The first-order valence-electron chi connectivity index (χ1n) is 10.9. The van der Waals surface area contributed by atoms with Gasteiger partial charge in [-0.2, -0.15) is 4.98 Å². The first kappa shape index (κ1) is 22.9. The zero-order valence-corrected chi connectivity index (χ0v) is 19.1. The molecule has 1 aliphatic carbocycles. The third-order valence-corrected chi connectivity index (χ3v) is 5.59. The minimum Gasteiger partial charge on any atom is -0.493 e. The molecule has 1 aliphatic rings. The molecular weight excluding hydrogens is 398 g/mol. The topological polar surface area (TPSA) is 86.9 Å². The van der Waals surface area contributed by atoms with Gasteiger partial charge in [0.2, 0.25) is 23.4 Å². The minimum absolute atomic E-state index is 0.163. The lowest BCUT2D eigenvalue weighted by Crippen LogP contribution is -2.39. The predicted octanol–water partition coefficient (Wildman–Crippen LogP) is 3.98. The molecule has 8 nitrogen and oxygen atoms in total. The number of hydrogen-bond donors (Lipinski definition) is 0. The zero-order chi connectivity index (χ0) is 22.4. The molecule has 0 radical (unpaired) electrons. The van der Waals surface area contributed by atoms with E-state index in [9.17, 15) is 4.79 Å². The standard InChI is InChI=1S/C23H33N3O5/c1-15(2)14-26(23(27)16-8-6-7-9-16)11-10-20-24-22(25-31-20)17-12-18(28-3)21(30-5)19(13-17)29-4/h12-13,15-16H,6-11,14H2,1-5H3. The Kier molecular flexibility index (Phi) is 7.76. The average Bonchev–Trinajstić information content (AvgIpc) is 3.47. The van der Waals surface area contributed by atoms with Crippen molar-refractivity contribution in [3.05, 3.63) is 18.0 Å². The van der Waals surface area contributed by atoms with Gasteiger partial charge in [-0.15, -0.1) is 0 Å². The smallest absolute Gasteiger partial charge is 0.228 e. The van der Waals surface area contributed by atoms with Crippen LogP contribution >= 0.6 is 0 Å². The molecule has 0 saturated heterocycles. The van der Waals surface area contributed by atoms with Gasteiger partial charge in [0.1, 0.15) is 0 Å². The fourth-order valence-electron chi connectivity index (χ4n) is 4.08. The van der Waals surface area contributed by atoms with Gasteiger partial charge in [-0.3, -0.25) is 4.79 Å². The maximum atomic E-state index is 13.0. The molecular formula is C23H33N3O5. The molecule has 31 heavy (non-hydrogen) atoms. The Morgan fingerprint density at radius 3 is 2.32 bits per heavy atom. The van der Waals surface area contributed by atoms with Gasteiger partial charge in [0.25, 0.3) is 0 Å². The molecule has 1 amide bonds. The van der Waals surface area contributed by atoms with Gasteiger partial charge < -0.3 is 23.6 Å². The van der Waals surface area contributed by atoms with E-state index in [4.69, 9.17) is 18.7 Å². The van der Waals surface area contributed by atoms with E-state index in [1.54, 1.807) is 33.5 Å². The summed E-state index contributed by atoms with van der Waals surface area (Å²) in [5.41, 5.74) is 0.700. The Balaban J connectivity index is 1.73. The number of hydrogen-bond acceptors (Lipinski definition) is 7. The van der Waals surface area contributed by atoms with E-state index in [1.165, 1.54) is 0 Å². The van der Waals surface area contributed by atoms with Crippen molar-refractivity contribution in [1.29, 1.82) is 0 Å². The second-order valence-electron chi connectivity index (χ2n) is 8.34. The maximum Gasteiger partial charge on any atom is 0.228 e. The predicted molar refractivity (Wildman–Crippen MR) is 116 cm³/mol. The maximum absolute atomic E-state index is 13.0. The first-order chi connectivity index (χ1) is 15.0. The van der Waals surface area contributed by atoms with Crippen molar-refractivity contribution >= 4 is 5.91 Å². The molecule has 3 rings (SSSR count). The Morgan fingerprint density at radius 2 is 1.77 bits per heavy atom. The molecule has 1 fully saturated rings. The van der Waals surface area contributed by atoms with Gasteiger partial charge >= 0.3 is 0 Å². The van der Waals surface area contributed by atoms with Gasteiger partial charge in [-0.25, -0.2) is 0 Å². The molecule has 0 atom stereocenters. The van der Waals surface area contributed by atoms with Crippen molar-refractivity contribution in [3.63, 3.8) is 0 Å². The van der Waals surface area contributed by atoms with Crippen molar-refractivity contribution in [2.45, 2.75) is 46.0 Å². The summed E-state index contributed by atoms with van der Waals surface area (Å²) in [7, 11) is 4.68. The van der Waals surface area contributed by atoms with Crippen molar-refractivity contribution < 1.29 is 23.5 Å². The van der Waals surface area contributed by atoms with E-state index >= 15 is 0 Å². The van der Waals surface area contributed by atoms with Crippen LogP contribution in [0.4, 0.5) is 0 Å². The SMILES string of the molecule is COc1cc(-c2noc(CCN(CC(C)C)C(=O)C3CCCC3)n2)cc(OC)c1OC. The number of ether oxygens (including phenoxy) is 3. The lowest BCUT2D eigenvalue weighted by Gasteiger charge is -2.26. The summed E-state index contributed by atoms with van der Waals surface area (Å²) >= 11 is 0. The molecule has 8 heteroatoms. The lowest BCUT2D eigenvalue weighted by atomic mass is 10.1. The highest BCUT2D eigenvalue weighted by molar-refractivity contribution is 5.79. The number of nitrogens with zero attached hydrogens (tertiary/aromatic N) is 3. The fraction of sp³-hybridized carbons (Fsp3) is 0.609. The van der Waals surface area contributed by atoms with Crippen LogP contribution in [0, 0.1) is 11.8 Å². The number of methoxy groups -OCH3 is 3. The number of rotatable bonds is 10. The summed E-state index contributed by atoms with van der Waals surface area (Å²) < 4.78 is 21.6. The highest BCUT2D eigenvalue weighted by atomic mass is 16.5. The molecule has 1 aromatic heterocycles. The molecule has 1 saturated carbocycles. The summed E-state index contributed by atoms with van der Waals surface area (Å²) in [5, 5.41) is 4.11. The Hall–Kier alpha value is -2.77. The van der Waals surface area contributed by atoms with Crippen molar-refractivity contribution in [2.24, 2.45) is 11.8 Å². The molecule has 170 valence electrons. The summed E-state index contributed by atoms with van der Waals surface area (Å²) in [6.07, 6.45) is 4.81. The molecule has 0 unspecified atom stereocenters. The second-order valence-corrected chi connectivity index (χ2v) is 8.34. The van der Waals surface area contributed by atoms with Crippen LogP contribution in [0.5, 0.6) is 17.2 Å². The normalized spacial score (nSPS) is 14.1. The number of carbonyl (C=O) groups excluding carboxylic acids is 1. The van der Waals surface area contributed by atoms with E-state index in [1.807, 2.05) is 4.90 Å². The average molecular weight is 432 g/mol. The third kappa shape index (κ3) is 5.48. The zero-order valence-electron chi connectivity index (χ0n) is 19.1. The summed E-state index contributed by atoms with van der Waals surface area (Å²) in [6, 6.07) is 3.56. The van der Waals surface area contributed by atoms with Gasteiger partial charge in [0.05, 0.1) is 21.3 Å². The Labute approximate surface area is 183 Å². The molecule has 0 aliphatic heterocycles. The fourth-order valence-corrected chi connectivity index (χ4v) is 4.08. The van der Waals surface area contributed by atoms with Crippen molar-refractivity contribution in [2.75, 3.05) is 34.4 Å². The Morgan fingerprint density at radius 1 is 1.13 bits per heavy atom. The molecule has 1 aromatic carbocycles. The molecule has 0 spiro atoms. The van der Waals surface area contributed by atoms with Gasteiger partial charge in [-0.05, 0) is 30.9 Å². The molecule has 2 aromatic rings. The summed E-state index contributed by atoms with van der Waals surface area (Å²) in [6.45, 7) is 5.57. The highest BCUT2D eigenvalue weighted by Crippen LogP contribution is 2.40. The lowest BCUT2D eigenvalue weighted by molar-refractivity contribution is -0.135. The highest BCUT2D eigenvalue weighted by Gasteiger charge is 2.28. The van der Waals surface area contributed by atoms with E-state index < -0.39 is 0 Å². The molecule has 1 heterocycles. The van der Waals surface area contributed by atoms with E-state index in [0.717, 1.165) is 32.2 Å². The van der Waals surface area contributed by atoms with Crippen LogP contribution in [0.15, 0.2) is 16.7 Å². The van der Waals surface area contributed by atoms with E-state index in [2.05, 4.69) is 24.0 Å². The van der Waals surface area contributed by atoms with Crippen molar-refractivity contribution in [1.82, 2.24) is 15.0 Å². The number of amides is 1. The van der Waals surface area contributed by atoms with Gasteiger partial charge in [-0.1, -0.05) is 31.8 Å². The summed E-state index contributed by atoms with van der Waals surface area (Å²) in [5.74, 6) is 3.31. The monoisotopic (exact) mass is 431 g/mol. The van der Waals surface area contributed by atoms with Crippen LogP contribution in [-0.2, 0) is 11.2 Å². The second kappa shape index (κ2) is 10.5. The van der Waals surface area contributed by atoms with Crippen LogP contribution in [0.25, 0.3) is 11.4 Å². The van der Waals surface area contributed by atoms with Crippen LogP contribution in [0.3, 0.4) is 0 Å². The van der Waals surface area contributed by atoms with E-state index in [0.29, 0.717) is 53.4 Å². The molecule has 0 N–H and O–H groups in total. The van der Waals surface area contributed by atoms with Crippen LogP contribution in [0.1, 0.15) is 45.4 Å². The van der Waals surface area contributed by atoms with Gasteiger partial charge in [0, 0.05) is 31.0 Å². The third-order valence-electron chi connectivity index (χ3n) is 5.59. The first-order valence-corrected chi connectivity index (χ1v) is 10.9. The van der Waals surface area contributed by atoms with Crippen LogP contribution in [-0.4, -0.2) is 55.4 Å². The van der Waals surface area contributed by atoms with Crippen molar-refractivity contribution in [3.8, 4) is 28.6 Å². The molecule has 0 bridgehead atoms. The number of benzene rings is 1. The minimum atomic E-state index is 0.163. The van der Waals surface area contributed by atoms with Crippen LogP contribution < -0.4 is 14.2 Å². The van der Waals surface area contributed by atoms with Gasteiger partial charge in [0.15, 0.2) is 11.5 Å². The van der Waals surface area contributed by atoms with E-state index in [-0.39, 0.29) is 11.8 Å². The Bertz CT molecular complexity index is 849. The number of carbonyl (C=O) groups is 1. The quantitative estimate of drug-likeness (QED) is 0.562. The van der Waals surface area contributed by atoms with Crippen LogP contribution in [0.2, 0.25) is 0 Å². The summed E-state index contributed by atoms with van der Waals surface area (Å²) in [4.78, 5) is 19.4.